The zero-order valence-electron chi connectivity index (χ0n) is 27.2. The zero-order valence-corrected chi connectivity index (χ0v) is 27.2. The number of anilines is 3. The maximum absolute atomic E-state index is 6.40. The highest BCUT2D eigenvalue weighted by Gasteiger charge is 2.37. The third-order valence-corrected chi connectivity index (χ3v) is 11.2. The molecule has 1 aromatic heterocycles. The summed E-state index contributed by atoms with van der Waals surface area (Å²) < 4.78 is 6.40. The predicted octanol–water partition coefficient (Wildman–Crippen LogP) is 12.6. The number of benzene rings is 6. The van der Waals surface area contributed by atoms with Crippen molar-refractivity contribution in [3.63, 3.8) is 0 Å². The Balaban J connectivity index is 1.20. The predicted molar refractivity (Wildman–Crippen MR) is 196 cm³/mol. The van der Waals surface area contributed by atoms with E-state index in [9.17, 15) is 0 Å². The van der Waals surface area contributed by atoms with Crippen LogP contribution in [0.3, 0.4) is 0 Å². The van der Waals surface area contributed by atoms with Crippen molar-refractivity contribution in [3.05, 3.63) is 162 Å². The van der Waals surface area contributed by atoms with Crippen LogP contribution in [0.5, 0.6) is 0 Å². The lowest BCUT2D eigenvalue weighted by Crippen LogP contribution is -2.30. The van der Waals surface area contributed by atoms with Crippen LogP contribution in [0.1, 0.15) is 68.2 Å². The normalized spacial score (nSPS) is 16.2. The molecule has 2 nitrogen and oxygen atoms in total. The molecule has 0 unspecified atom stereocenters. The van der Waals surface area contributed by atoms with Gasteiger partial charge < -0.3 is 9.32 Å². The average Bonchev–Trinajstić information content (AvgIpc) is 3.61. The summed E-state index contributed by atoms with van der Waals surface area (Å²) in [6, 6.07) is 51.6. The largest absolute Gasteiger partial charge is 0.456 e. The van der Waals surface area contributed by atoms with Crippen LogP contribution >= 0.6 is 0 Å². The van der Waals surface area contributed by atoms with Gasteiger partial charge in [0.2, 0.25) is 0 Å². The number of rotatable bonds is 5. The van der Waals surface area contributed by atoms with Gasteiger partial charge in [-0.1, -0.05) is 124 Å². The Morgan fingerprint density at radius 3 is 1.94 bits per heavy atom. The Kier molecular flexibility index (Phi) is 6.44. The van der Waals surface area contributed by atoms with Gasteiger partial charge in [0.05, 0.1) is 0 Å². The van der Waals surface area contributed by atoms with E-state index in [1.165, 1.54) is 65.5 Å². The summed E-state index contributed by atoms with van der Waals surface area (Å²) in [6.45, 7) is 4.69. The highest BCUT2D eigenvalue weighted by Crippen LogP contribution is 2.51. The first-order chi connectivity index (χ1) is 23.0. The molecule has 0 bridgehead atoms. The standard InChI is InChI=1S/C45H39NO/c1-44(2)40-17-9-7-15-36(40)39-29-34(24-26-41(39)44)46(35-23-25-38-37-16-8-10-18-42(37)47-43(38)30-35)33-21-19-32(20-22-33)45(27-11-4-12-28-45)31-13-5-3-6-14-31/h3,5-10,13-26,29-30H,4,11-12,27-28H2,1-2H3. The zero-order chi connectivity index (χ0) is 31.6. The van der Waals surface area contributed by atoms with Crippen LogP contribution in [-0.4, -0.2) is 0 Å². The molecule has 9 rings (SSSR count). The van der Waals surface area contributed by atoms with Gasteiger partial charge in [-0.25, -0.2) is 0 Å². The molecule has 0 radical (unpaired) electrons. The van der Waals surface area contributed by atoms with Gasteiger partial charge in [-0.15, -0.1) is 0 Å². The maximum atomic E-state index is 6.40. The summed E-state index contributed by atoms with van der Waals surface area (Å²) in [5, 5.41) is 2.30. The second kappa shape index (κ2) is 10.7. The Morgan fingerprint density at radius 1 is 0.489 bits per heavy atom. The van der Waals surface area contributed by atoms with Crippen molar-refractivity contribution in [1.82, 2.24) is 0 Å². The van der Waals surface area contributed by atoms with Crippen molar-refractivity contribution in [3.8, 4) is 11.1 Å². The minimum absolute atomic E-state index is 0.0319. The second-order valence-corrected chi connectivity index (χ2v) is 14.1. The van der Waals surface area contributed by atoms with Crippen LogP contribution in [0.4, 0.5) is 17.1 Å². The Hall–Kier alpha value is -5.08. The lowest BCUT2D eigenvalue weighted by molar-refractivity contribution is 0.346. The molecule has 0 spiro atoms. The molecule has 47 heavy (non-hydrogen) atoms. The van der Waals surface area contributed by atoms with E-state index in [1.54, 1.807) is 0 Å². The number of para-hydroxylation sites is 1. The minimum atomic E-state index is -0.0319. The van der Waals surface area contributed by atoms with Crippen LogP contribution in [-0.2, 0) is 10.8 Å². The minimum Gasteiger partial charge on any atom is -0.456 e. The van der Waals surface area contributed by atoms with Crippen molar-refractivity contribution in [2.45, 2.75) is 56.8 Å². The Bertz CT molecular complexity index is 2250. The average molecular weight is 610 g/mol. The summed E-state index contributed by atoms with van der Waals surface area (Å²) in [7, 11) is 0. The number of fused-ring (bicyclic) bond motifs is 6. The van der Waals surface area contributed by atoms with Gasteiger partial charge in [0.15, 0.2) is 0 Å². The lowest BCUT2D eigenvalue weighted by atomic mass is 9.65. The number of hydrogen-bond acceptors (Lipinski definition) is 2. The molecule has 0 atom stereocenters. The van der Waals surface area contributed by atoms with Gasteiger partial charge >= 0.3 is 0 Å². The van der Waals surface area contributed by atoms with Gasteiger partial charge in [-0.2, -0.15) is 0 Å². The van der Waals surface area contributed by atoms with Crippen LogP contribution < -0.4 is 4.90 Å². The van der Waals surface area contributed by atoms with E-state index < -0.39 is 0 Å². The van der Waals surface area contributed by atoms with Crippen LogP contribution in [0, 0.1) is 0 Å². The van der Waals surface area contributed by atoms with Gasteiger partial charge in [0.25, 0.3) is 0 Å². The monoisotopic (exact) mass is 609 g/mol. The van der Waals surface area contributed by atoms with E-state index in [4.69, 9.17) is 4.42 Å². The summed E-state index contributed by atoms with van der Waals surface area (Å²) in [4.78, 5) is 2.40. The molecule has 1 heterocycles. The highest BCUT2D eigenvalue weighted by molar-refractivity contribution is 6.06. The topological polar surface area (TPSA) is 16.4 Å². The molecule has 230 valence electrons. The maximum Gasteiger partial charge on any atom is 0.137 e. The molecule has 2 aliphatic rings. The van der Waals surface area contributed by atoms with Crippen molar-refractivity contribution in [2.24, 2.45) is 0 Å². The van der Waals surface area contributed by atoms with Gasteiger partial charge in [0.1, 0.15) is 11.2 Å². The van der Waals surface area contributed by atoms with Crippen LogP contribution in [0.15, 0.2) is 144 Å². The van der Waals surface area contributed by atoms with Crippen molar-refractivity contribution >= 4 is 39.0 Å². The highest BCUT2D eigenvalue weighted by atomic mass is 16.3. The number of furan rings is 1. The molecule has 2 aliphatic carbocycles. The molecule has 0 saturated heterocycles. The first-order valence-electron chi connectivity index (χ1n) is 17.1. The van der Waals surface area contributed by atoms with Gasteiger partial charge in [-0.3, -0.25) is 0 Å². The molecule has 0 N–H and O–H groups in total. The van der Waals surface area contributed by atoms with Crippen molar-refractivity contribution in [1.29, 1.82) is 0 Å². The summed E-state index contributed by atoms with van der Waals surface area (Å²) in [5.41, 5.74) is 13.5. The molecule has 0 amide bonds. The number of hydrogen-bond donors (Lipinski definition) is 0. The quantitative estimate of drug-likeness (QED) is 0.193. The molecule has 2 heteroatoms. The first-order valence-corrected chi connectivity index (χ1v) is 17.1. The van der Waals surface area contributed by atoms with E-state index in [-0.39, 0.29) is 10.8 Å². The van der Waals surface area contributed by atoms with E-state index in [1.807, 2.05) is 6.07 Å². The number of nitrogens with zero attached hydrogens (tertiary/aromatic N) is 1. The SMILES string of the molecule is CC1(C)c2ccccc2-c2cc(N(c3ccc(C4(c5ccccc5)CCCCC4)cc3)c3ccc4c(c3)oc3ccccc34)ccc21. The molecule has 6 aromatic carbocycles. The Labute approximate surface area is 277 Å². The van der Waals surface area contributed by atoms with E-state index in [2.05, 4.69) is 152 Å². The van der Waals surface area contributed by atoms with E-state index >= 15 is 0 Å². The van der Waals surface area contributed by atoms with Crippen LogP contribution in [0.2, 0.25) is 0 Å². The fourth-order valence-electron chi connectivity index (χ4n) is 8.73. The molecule has 1 fully saturated rings. The molecule has 0 aliphatic heterocycles. The third-order valence-electron chi connectivity index (χ3n) is 11.2. The fourth-order valence-corrected chi connectivity index (χ4v) is 8.73. The summed E-state index contributed by atoms with van der Waals surface area (Å²) in [5.74, 6) is 0. The lowest BCUT2D eigenvalue weighted by Gasteiger charge is -2.39. The van der Waals surface area contributed by atoms with E-state index in [0.717, 1.165) is 39.0 Å². The molecule has 7 aromatic rings. The molecular weight excluding hydrogens is 571 g/mol. The van der Waals surface area contributed by atoms with Crippen molar-refractivity contribution < 1.29 is 4.42 Å². The smallest absolute Gasteiger partial charge is 0.137 e. The van der Waals surface area contributed by atoms with Crippen molar-refractivity contribution in [2.75, 3.05) is 4.90 Å². The van der Waals surface area contributed by atoms with Gasteiger partial charge in [-0.05, 0) is 88.7 Å². The fraction of sp³-hybridized carbons (Fsp3) is 0.200. The third kappa shape index (κ3) is 4.38. The molecular formula is C45H39NO. The van der Waals surface area contributed by atoms with Crippen LogP contribution in [0.25, 0.3) is 33.1 Å². The molecule has 1 saturated carbocycles. The summed E-state index contributed by atoms with van der Waals surface area (Å²) in [6.07, 6.45) is 6.26. The summed E-state index contributed by atoms with van der Waals surface area (Å²) >= 11 is 0. The second-order valence-electron chi connectivity index (χ2n) is 14.1. The van der Waals surface area contributed by atoms with E-state index in [0.29, 0.717) is 0 Å². The van der Waals surface area contributed by atoms with Gasteiger partial charge in [0, 0.05) is 44.7 Å². The first kappa shape index (κ1) is 28.2. The Morgan fingerprint density at radius 2 is 1.11 bits per heavy atom.